The van der Waals surface area contributed by atoms with Gasteiger partial charge in [-0.2, -0.15) is 0 Å². The molecule has 1 aromatic rings. The van der Waals surface area contributed by atoms with E-state index in [-0.39, 0.29) is 24.2 Å². The molecule has 4 aliphatic rings. The highest BCUT2D eigenvalue weighted by Crippen LogP contribution is 2.57. The molecule has 3 fully saturated rings. The standard InChI is InChI=1S/C20H22N4O4/c21-9-20-6-12(20)8-23(10-20)7-11-2-1-3-13-16(11)19(28)24(18(13)27)14-4-5-15(25)22-17(14)26/h1-3,12,14H,4-10,21H2,(H,22,25,26)/t12-,14?,20-/m0/s1. The molecule has 3 atom stereocenters. The van der Waals surface area contributed by atoms with E-state index in [4.69, 9.17) is 5.73 Å². The first-order valence-corrected chi connectivity index (χ1v) is 9.69. The molecule has 3 N–H and O–H groups in total. The number of piperidine rings is 2. The molecule has 0 aromatic heterocycles. The fraction of sp³-hybridized carbons (Fsp3) is 0.500. The molecule has 8 nitrogen and oxygen atoms in total. The Morgan fingerprint density at radius 2 is 2.00 bits per heavy atom. The molecule has 28 heavy (non-hydrogen) atoms. The van der Waals surface area contributed by atoms with Crippen LogP contribution in [0.2, 0.25) is 0 Å². The highest BCUT2D eigenvalue weighted by molar-refractivity contribution is 6.24. The first-order chi connectivity index (χ1) is 13.4. The molecule has 3 aliphatic heterocycles. The average Bonchev–Trinajstić information content (AvgIpc) is 3.13. The maximum absolute atomic E-state index is 13.1. The summed E-state index contributed by atoms with van der Waals surface area (Å²) in [7, 11) is 0. The van der Waals surface area contributed by atoms with Crippen molar-refractivity contribution in [2.75, 3.05) is 19.6 Å². The number of nitrogens with two attached hydrogens (primary N) is 1. The molecule has 1 saturated carbocycles. The molecule has 5 rings (SSSR count). The monoisotopic (exact) mass is 382 g/mol. The number of carbonyl (C=O) groups excluding carboxylic acids is 4. The van der Waals surface area contributed by atoms with E-state index in [1.54, 1.807) is 12.1 Å². The van der Waals surface area contributed by atoms with Gasteiger partial charge in [-0.05, 0) is 42.3 Å². The molecular formula is C20H22N4O4. The van der Waals surface area contributed by atoms with Crippen molar-refractivity contribution < 1.29 is 19.2 Å². The Kier molecular flexibility index (Phi) is 3.73. The van der Waals surface area contributed by atoms with Crippen molar-refractivity contribution in [3.8, 4) is 0 Å². The van der Waals surface area contributed by atoms with Crippen LogP contribution in [0.4, 0.5) is 0 Å². The molecule has 3 heterocycles. The molecule has 2 saturated heterocycles. The van der Waals surface area contributed by atoms with E-state index in [0.29, 0.717) is 30.1 Å². The topological polar surface area (TPSA) is 113 Å². The van der Waals surface area contributed by atoms with E-state index in [9.17, 15) is 19.2 Å². The number of nitrogens with one attached hydrogen (secondary N) is 1. The van der Waals surface area contributed by atoms with Gasteiger partial charge >= 0.3 is 0 Å². The van der Waals surface area contributed by atoms with Crippen molar-refractivity contribution in [2.45, 2.75) is 31.8 Å². The van der Waals surface area contributed by atoms with Gasteiger partial charge in [0.1, 0.15) is 6.04 Å². The Morgan fingerprint density at radius 1 is 1.18 bits per heavy atom. The third kappa shape index (κ3) is 2.44. The van der Waals surface area contributed by atoms with Crippen molar-refractivity contribution in [3.63, 3.8) is 0 Å². The van der Waals surface area contributed by atoms with Gasteiger partial charge in [0.15, 0.2) is 0 Å². The van der Waals surface area contributed by atoms with Crippen molar-refractivity contribution in [2.24, 2.45) is 17.1 Å². The molecule has 1 unspecified atom stereocenters. The number of carbonyl (C=O) groups is 4. The molecule has 0 radical (unpaired) electrons. The third-order valence-corrected chi connectivity index (χ3v) is 6.73. The van der Waals surface area contributed by atoms with Crippen LogP contribution < -0.4 is 11.1 Å². The Hall–Kier alpha value is -2.58. The molecule has 4 amide bonds. The Bertz CT molecular complexity index is 925. The van der Waals surface area contributed by atoms with Crippen LogP contribution in [0.1, 0.15) is 45.5 Å². The van der Waals surface area contributed by atoms with E-state index >= 15 is 0 Å². The quantitative estimate of drug-likeness (QED) is 0.702. The van der Waals surface area contributed by atoms with E-state index in [0.717, 1.165) is 23.6 Å². The van der Waals surface area contributed by atoms with Gasteiger partial charge in [0.2, 0.25) is 11.8 Å². The van der Waals surface area contributed by atoms with Crippen molar-refractivity contribution in [3.05, 3.63) is 34.9 Å². The van der Waals surface area contributed by atoms with Crippen LogP contribution in [0, 0.1) is 11.3 Å². The lowest BCUT2D eigenvalue weighted by Crippen LogP contribution is -2.54. The highest BCUT2D eigenvalue weighted by atomic mass is 16.2. The van der Waals surface area contributed by atoms with E-state index in [1.807, 2.05) is 6.07 Å². The van der Waals surface area contributed by atoms with Gasteiger partial charge in [0.05, 0.1) is 11.1 Å². The van der Waals surface area contributed by atoms with Gasteiger partial charge < -0.3 is 5.73 Å². The number of amides is 4. The number of imide groups is 2. The van der Waals surface area contributed by atoms with Crippen LogP contribution >= 0.6 is 0 Å². The van der Waals surface area contributed by atoms with E-state index in [1.165, 1.54) is 6.42 Å². The van der Waals surface area contributed by atoms with Crippen molar-refractivity contribution in [1.82, 2.24) is 15.1 Å². The van der Waals surface area contributed by atoms with Crippen molar-refractivity contribution >= 4 is 23.6 Å². The molecule has 8 heteroatoms. The highest BCUT2D eigenvalue weighted by Gasteiger charge is 2.58. The number of hydrogen-bond acceptors (Lipinski definition) is 6. The van der Waals surface area contributed by atoms with Crippen LogP contribution in [0.25, 0.3) is 0 Å². The fourth-order valence-corrected chi connectivity index (χ4v) is 5.10. The van der Waals surface area contributed by atoms with Crippen LogP contribution in [0.3, 0.4) is 0 Å². The minimum absolute atomic E-state index is 0.118. The normalized spacial score (nSPS) is 31.8. The number of likely N-dealkylation sites (tertiary alicyclic amines) is 1. The molecule has 1 aromatic carbocycles. The molecule has 0 bridgehead atoms. The van der Waals surface area contributed by atoms with Gasteiger partial charge in [-0.3, -0.25) is 34.3 Å². The molecule has 1 aliphatic carbocycles. The van der Waals surface area contributed by atoms with Gasteiger partial charge in [0.25, 0.3) is 11.8 Å². The maximum Gasteiger partial charge on any atom is 0.262 e. The molecule has 146 valence electrons. The van der Waals surface area contributed by atoms with Crippen molar-refractivity contribution in [1.29, 1.82) is 0 Å². The van der Waals surface area contributed by atoms with Gasteiger partial charge in [-0.25, -0.2) is 0 Å². The minimum Gasteiger partial charge on any atom is -0.330 e. The molecular weight excluding hydrogens is 360 g/mol. The zero-order chi connectivity index (χ0) is 19.6. The first-order valence-electron chi connectivity index (χ1n) is 9.69. The zero-order valence-corrected chi connectivity index (χ0v) is 15.4. The summed E-state index contributed by atoms with van der Waals surface area (Å²) >= 11 is 0. The number of hydrogen-bond donors (Lipinski definition) is 2. The molecule has 0 spiro atoms. The second kappa shape index (κ2) is 5.96. The van der Waals surface area contributed by atoms with E-state index in [2.05, 4.69) is 10.2 Å². The SMILES string of the molecule is NC[C@]12C[C@H]1CN(Cc1cccc3c1C(=O)N(C1CCC(=O)NC1=O)C3=O)C2. The predicted octanol–water partition coefficient (Wildman–Crippen LogP) is -0.132. The summed E-state index contributed by atoms with van der Waals surface area (Å²) in [5.74, 6) is -1.23. The van der Waals surface area contributed by atoms with Crippen LogP contribution in [0.5, 0.6) is 0 Å². The Balaban J connectivity index is 1.41. The first kappa shape index (κ1) is 17.5. The number of fused-ring (bicyclic) bond motifs is 2. The summed E-state index contributed by atoms with van der Waals surface area (Å²) in [6, 6.07) is 4.35. The lowest BCUT2D eigenvalue weighted by Gasteiger charge is -2.28. The lowest BCUT2D eigenvalue weighted by molar-refractivity contribution is -0.136. The van der Waals surface area contributed by atoms with E-state index < -0.39 is 23.8 Å². The maximum atomic E-state index is 13.1. The second-order valence-corrected chi connectivity index (χ2v) is 8.42. The van der Waals surface area contributed by atoms with Gasteiger partial charge in [-0.1, -0.05) is 12.1 Å². The predicted molar refractivity (Wildman–Crippen MR) is 98.0 cm³/mol. The fourth-order valence-electron chi connectivity index (χ4n) is 5.10. The zero-order valence-electron chi connectivity index (χ0n) is 15.4. The smallest absolute Gasteiger partial charge is 0.262 e. The van der Waals surface area contributed by atoms with Gasteiger partial charge in [0, 0.05) is 26.1 Å². The number of rotatable bonds is 4. The Morgan fingerprint density at radius 3 is 2.71 bits per heavy atom. The Labute approximate surface area is 162 Å². The number of nitrogens with zero attached hydrogens (tertiary/aromatic N) is 2. The third-order valence-electron chi connectivity index (χ3n) is 6.73. The summed E-state index contributed by atoms with van der Waals surface area (Å²) in [6.45, 7) is 3.14. The summed E-state index contributed by atoms with van der Waals surface area (Å²) in [5, 5.41) is 2.22. The summed E-state index contributed by atoms with van der Waals surface area (Å²) < 4.78 is 0. The second-order valence-electron chi connectivity index (χ2n) is 8.42. The van der Waals surface area contributed by atoms with Crippen LogP contribution in [-0.2, 0) is 16.1 Å². The summed E-state index contributed by atoms with van der Waals surface area (Å²) in [6.07, 6.45) is 1.46. The van der Waals surface area contributed by atoms with Crippen LogP contribution in [-0.4, -0.2) is 59.1 Å². The summed E-state index contributed by atoms with van der Waals surface area (Å²) in [4.78, 5) is 53.0. The number of benzene rings is 1. The summed E-state index contributed by atoms with van der Waals surface area (Å²) in [5.41, 5.74) is 7.69. The average molecular weight is 382 g/mol. The largest absolute Gasteiger partial charge is 0.330 e. The lowest BCUT2D eigenvalue weighted by atomic mass is 10.0. The van der Waals surface area contributed by atoms with Gasteiger partial charge in [-0.15, -0.1) is 0 Å². The van der Waals surface area contributed by atoms with Crippen LogP contribution in [0.15, 0.2) is 18.2 Å². The minimum atomic E-state index is -0.933.